The Morgan fingerprint density at radius 1 is 1.09 bits per heavy atom. The number of piperazine rings is 1. The lowest BCUT2D eigenvalue weighted by molar-refractivity contribution is -0.384. The SMILES string of the molecule is COc1ccc(CN2C(=O)NC(=O)/C(=C/c3cc([N+](=O)[O-])ccc3N3CCNCC3)C2=O)cc1. The number of methoxy groups -OCH3 is 1. The molecule has 2 N–H and O–H groups in total. The van der Waals surface area contributed by atoms with Gasteiger partial charge < -0.3 is 15.0 Å². The van der Waals surface area contributed by atoms with Crippen molar-refractivity contribution >= 4 is 35.3 Å². The lowest BCUT2D eigenvalue weighted by atomic mass is 10.0. The number of carbonyl (C=O) groups is 3. The van der Waals surface area contributed by atoms with E-state index in [-0.39, 0.29) is 17.8 Å². The third-order valence-electron chi connectivity index (χ3n) is 5.66. The Bertz CT molecular complexity index is 1170. The van der Waals surface area contributed by atoms with Crippen LogP contribution in [0.5, 0.6) is 5.75 Å². The van der Waals surface area contributed by atoms with Gasteiger partial charge in [0.25, 0.3) is 17.5 Å². The molecule has 11 heteroatoms. The molecule has 2 aliphatic heterocycles. The van der Waals surface area contributed by atoms with Crippen molar-refractivity contribution in [3.8, 4) is 5.75 Å². The minimum Gasteiger partial charge on any atom is -0.497 e. The number of nitro groups is 1. The number of non-ortho nitro benzene ring substituents is 1. The number of benzene rings is 2. The van der Waals surface area contributed by atoms with Gasteiger partial charge in [-0.2, -0.15) is 0 Å². The molecule has 2 aliphatic rings. The number of hydrogen-bond donors (Lipinski definition) is 2. The minimum atomic E-state index is -0.848. The fourth-order valence-corrected chi connectivity index (χ4v) is 3.87. The van der Waals surface area contributed by atoms with E-state index in [1.807, 2.05) is 4.90 Å². The molecule has 2 heterocycles. The van der Waals surface area contributed by atoms with Gasteiger partial charge in [0.1, 0.15) is 11.3 Å². The van der Waals surface area contributed by atoms with Gasteiger partial charge >= 0.3 is 6.03 Å². The maximum atomic E-state index is 13.2. The summed E-state index contributed by atoms with van der Waals surface area (Å²) in [6.45, 7) is 2.73. The summed E-state index contributed by atoms with van der Waals surface area (Å²) in [5.74, 6) is -0.999. The summed E-state index contributed by atoms with van der Waals surface area (Å²) in [7, 11) is 1.53. The van der Waals surface area contributed by atoms with Gasteiger partial charge in [0.05, 0.1) is 18.6 Å². The Balaban J connectivity index is 1.69. The molecule has 0 atom stereocenters. The van der Waals surface area contributed by atoms with Gasteiger partial charge in [0, 0.05) is 49.6 Å². The first-order valence-corrected chi connectivity index (χ1v) is 10.6. The van der Waals surface area contributed by atoms with E-state index in [0.717, 1.165) is 18.0 Å². The van der Waals surface area contributed by atoms with Crippen molar-refractivity contribution < 1.29 is 24.0 Å². The summed E-state index contributed by atoms with van der Waals surface area (Å²) in [4.78, 5) is 52.0. The average molecular weight is 465 g/mol. The molecule has 4 rings (SSSR count). The van der Waals surface area contributed by atoms with E-state index >= 15 is 0 Å². The van der Waals surface area contributed by atoms with Crippen LogP contribution in [0.3, 0.4) is 0 Å². The first-order chi connectivity index (χ1) is 16.4. The number of nitrogens with one attached hydrogen (secondary N) is 2. The second-order valence-corrected chi connectivity index (χ2v) is 7.79. The fraction of sp³-hybridized carbons (Fsp3) is 0.261. The van der Waals surface area contributed by atoms with Crippen molar-refractivity contribution in [2.24, 2.45) is 0 Å². The van der Waals surface area contributed by atoms with E-state index in [1.165, 1.54) is 25.3 Å². The van der Waals surface area contributed by atoms with Crippen LogP contribution in [0.25, 0.3) is 6.08 Å². The van der Waals surface area contributed by atoms with E-state index in [1.54, 1.807) is 30.3 Å². The van der Waals surface area contributed by atoms with Crippen LogP contribution in [0, 0.1) is 10.1 Å². The second-order valence-electron chi connectivity index (χ2n) is 7.79. The Morgan fingerprint density at radius 3 is 2.44 bits per heavy atom. The predicted octanol–water partition coefficient (Wildman–Crippen LogP) is 1.67. The summed E-state index contributed by atoms with van der Waals surface area (Å²) in [5, 5.41) is 16.8. The summed E-state index contributed by atoms with van der Waals surface area (Å²) >= 11 is 0. The van der Waals surface area contributed by atoms with E-state index in [4.69, 9.17) is 4.74 Å². The number of amides is 4. The second kappa shape index (κ2) is 9.71. The molecule has 2 saturated heterocycles. The number of urea groups is 1. The van der Waals surface area contributed by atoms with Gasteiger partial charge in [-0.25, -0.2) is 4.79 Å². The summed E-state index contributed by atoms with van der Waals surface area (Å²) < 4.78 is 5.12. The van der Waals surface area contributed by atoms with Crippen molar-refractivity contribution in [2.75, 3.05) is 38.2 Å². The predicted molar refractivity (Wildman–Crippen MR) is 123 cm³/mol. The lowest BCUT2D eigenvalue weighted by Crippen LogP contribution is -2.53. The van der Waals surface area contributed by atoms with Crippen molar-refractivity contribution in [3.05, 3.63) is 69.3 Å². The molecule has 4 amide bonds. The van der Waals surface area contributed by atoms with Crippen LogP contribution in [0.1, 0.15) is 11.1 Å². The molecule has 2 aromatic rings. The molecule has 0 saturated carbocycles. The number of imide groups is 2. The maximum absolute atomic E-state index is 13.2. The molecular formula is C23H23N5O6. The Labute approximate surface area is 195 Å². The third kappa shape index (κ3) is 4.74. The monoisotopic (exact) mass is 465 g/mol. The molecule has 0 bridgehead atoms. The van der Waals surface area contributed by atoms with E-state index in [0.29, 0.717) is 35.7 Å². The van der Waals surface area contributed by atoms with Crippen LogP contribution in [0.2, 0.25) is 0 Å². The molecule has 2 aromatic carbocycles. The lowest BCUT2D eigenvalue weighted by Gasteiger charge is -2.31. The number of barbiturate groups is 1. The molecule has 2 fully saturated rings. The minimum absolute atomic E-state index is 0.0567. The first kappa shape index (κ1) is 22.9. The quantitative estimate of drug-likeness (QED) is 0.285. The van der Waals surface area contributed by atoms with Gasteiger partial charge in [0.2, 0.25) is 0 Å². The van der Waals surface area contributed by atoms with Crippen molar-refractivity contribution in [3.63, 3.8) is 0 Å². The Hall–Kier alpha value is -4.25. The molecule has 0 aromatic heterocycles. The molecule has 176 valence electrons. The molecule has 34 heavy (non-hydrogen) atoms. The summed E-state index contributed by atoms with van der Waals surface area (Å²) in [5.41, 5.74) is 1.24. The number of ether oxygens (including phenoxy) is 1. The smallest absolute Gasteiger partial charge is 0.331 e. The summed E-state index contributed by atoms with van der Waals surface area (Å²) in [6.07, 6.45) is 1.31. The maximum Gasteiger partial charge on any atom is 0.331 e. The van der Waals surface area contributed by atoms with Crippen LogP contribution in [-0.2, 0) is 16.1 Å². The van der Waals surface area contributed by atoms with Gasteiger partial charge in [0.15, 0.2) is 0 Å². The Morgan fingerprint density at radius 2 is 1.79 bits per heavy atom. The highest BCUT2D eigenvalue weighted by Crippen LogP contribution is 2.29. The highest BCUT2D eigenvalue weighted by molar-refractivity contribution is 6.31. The number of nitrogens with zero attached hydrogens (tertiary/aromatic N) is 3. The molecule has 0 radical (unpaired) electrons. The van der Waals surface area contributed by atoms with Gasteiger partial charge in [-0.15, -0.1) is 0 Å². The number of hydrogen-bond acceptors (Lipinski definition) is 8. The molecular weight excluding hydrogens is 442 g/mol. The van der Waals surface area contributed by atoms with Gasteiger partial charge in [-0.3, -0.25) is 29.9 Å². The van der Waals surface area contributed by atoms with E-state index in [2.05, 4.69) is 10.6 Å². The van der Waals surface area contributed by atoms with Crippen LogP contribution in [0.4, 0.5) is 16.2 Å². The zero-order valence-corrected chi connectivity index (χ0v) is 18.4. The first-order valence-electron chi connectivity index (χ1n) is 10.6. The normalized spacial score (nSPS) is 17.7. The van der Waals surface area contributed by atoms with Crippen LogP contribution >= 0.6 is 0 Å². The van der Waals surface area contributed by atoms with Crippen LogP contribution in [-0.4, -0.2) is 61.0 Å². The standard InChI is InChI=1S/C23H23N5O6/c1-34-18-5-2-15(3-6-18)14-27-22(30)19(21(29)25-23(27)31)13-16-12-17(28(32)33)4-7-20(16)26-10-8-24-9-11-26/h2-7,12-13,24H,8-11,14H2,1H3,(H,25,29,31)/b19-13-. The van der Waals surface area contributed by atoms with E-state index < -0.39 is 22.8 Å². The zero-order valence-electron chi connectivity index (χ0n) is 18.4. The molecule has 0 spiro atoms. The number of anilines is 1. The van der Waals surface area contributed by atoms with E-state index in [9.17, 15) is 24.5 Å². The Kier molecular flexibility index (Phi) is 6.55. The average Bonchev–Trinajstić information content (AvgIpc) is 2.85. The van der Waals surface area contributed by atoms with Crippen molar-refractivity contribution in [2.45, 2.75) is 6.54 Å². The van der Waals surface area contributed by atoms with Crippen LogP contribution < -0.4 is 20.3 Å². The third-order valence-corrected chi connectivity index (χ3v) is 5.66. The van der Waals surface area contributed by atoms with Crippen molar-refractivity contribution in [1.82, 2.24) is 15.5 Å². The zero-order chi connectivity index (χ0) is 24.2. The highest BCUT2D eigenvalue weighted by atomic mass is 16.6. The molecule has 11 nitrogen and oxygen atoms in total. The molecule has 0 unspecified atom stereocenters. The highest BCUT2D eigenvalue weighted by Gasteiger charge is 2.36. The fourth-order valence-electron chi connectivity index (χ4n) is 3.87. The van der Waals surface area contributed by atoms with Gasteiger partial charge in [-0.1, -0.05) is 12.1 Å². The van der Waals surface area contributed by atoms with Crippen LogP contribution in [0.15, 0.2) is 48.0 Å². The summed E-state index contributed by atoms with van der Waals surface area (Å²) in [6, 6.07) is 10.3. The number of carbonyl (C=O) groups excluding carboxylic acids is 3. The van der Waals surface area contributed by atoms with Gasteiger partial charge in [-0.05, 0) is 29.8 Å². The number of rotatable bonds is 6. The molecule has 0 aliphatic carbocycles. The topological polar surface area (TPSA) is 134 Å². The van der Waals surface area contributed by atoms with Crippen molar-refractivity contribution in [1.29, 1.82) is 0 Å². The largest absolute Gasteiger partial charge is 0.497 e. The number of nitro benzene ring substituents is 1.